The second kappa shape index (κ2) is 6.06. The molecule has 7 heteroatoms. The minimum absolute atomic E-state index is 0.0206. The summed E-state index contributed by atoms with van der Waals surface area (Å²) in [6.45, 7) is 8.81. The smallest absolute Gasteiger partial charge is 0.293 e. The summed E-state index contributed by atoms with van der Waals surface area (Å²) in [7, 11) is 1.78. The lowest BCUT2D eigenvalue weighted by Crippen LogP contribution is -2.50. The number of amides is 2. The van der Waals surface area contributed by atoms with Crippen molar-refractivity contribution in [2.24, 2.45) is 0 Å². The van der Waals surface area contributed by atoms with Gasteiger partial charge in [0.15, 0.2) is 0 Å². The van der Waals surface area contributed by atoms with Crippen LogP contribution in [0.4, 0.5) is 0 Å². The Morgan fingerprint density at radius 1 is 1.36 bits per heavy atom. The van der Waals surface area contributed by atoms with Crippen LogP contribution < -0.4 is 0 Å². The average molecular weight is 307 g/mol. The number of likely N-dealkylation sites (tertiary alicyclic amines) is 1. The van der Waals surface area contributed by atoms with E-state index in [2.05, 4.69) is 15.2 Å². The van der Waals surface area contributed by atoms with Gasteiger partial charge in [-0.15, -0.1) is 5.10 Å². The number of hydrogen-bond donors (Lipinski definition) is 1. The minimum atomic E-state index is -0.176. The van der Waals surface area contributed by atoms with Gasteiger partial charge in [-0.05, 0) is 12.8 Å². The third-order valence-electron chi connectivity index (χ3n) is 4.12. The van der Waals surface area contributed by atoms with Crippen LogP contribution >= 0.6 is 0 Å². The summed E-state index contributed by atoms with van der Waals surface area (Å²) < 4.78 is 0. The standard InChI is InChI=1S/C15H25N5O2/c1-10(21)19(5)11-7-6-8-20(9-11)13(22)12-16-14(18-17-12)15(2,3)4/h11H,6-9H2,1-5H3,(H,16,17,18)/t11-/m0/s1. The van der Waals surface area contributed by atoms with Crippen molar-refractivity contribution < 1.29 is 9.59 Å². The Labute approximate surface area is 131 Å². The molecule has 0 aliphatic carbocycles. The lowest BCUT2D eigenvalue weighted by Gasteiger charge is -2.36. The summed E-state index contributed by atoms with van der Waals surface area (Å²) in [5, 5.41) is 6.90. The number of aromatic amines is 1. The molecule has 122 valence electrons. The number of rotatable bonds is 2. The lowest BCUT2D eigenvalue weighted by atomic mass is 9.96. The molecule has 0 aromatic carbocycles. The van der Waals surface area contributed by atoms with E-state index in [9.17, 15) is 9.59 Å². The average Bonchev–Trinajstić information content (AvgIpc) is 2.95. The highest BCUT2D eigenvalue weighted by Gasteiger charge is 2.30. The zero-order valence-corrected chi connectivity index (χ0v) is 14.0. The number of carbonyl (C=O) groups is 2. The monoisotopic (exact) mass is 307 g/mol. The molecule has 0 spiro atoms. The maximum Gasteiger partial charge on any atom is 0.293 e. The zero-order valence-electron chi connectivity index (χ0n) is 14.0. The van der Waals surface area contributed by atoms with Crippen molar-refractivity contribution in [2.45, 2.75) is 52.0 Å². The molecule has 2 heterocycles. The molecule has 2 rings (SSSR count). The number of carbonyl (C=O) groups excluding carboxylic acids is 2. The molecular formula is C15H25N5O2. The Balaban J connectivity index is 2.09. The Bertz CT molecular complexity index is 561. The number of nitrogens with one attached hydrogen (secondary N) is 1. The highest BCUT2D eigenvalue weighted by Crippen LogP contribution is 2.19. The van der Waals surface area contributed by atoms with Crippen LogP contribution in [-0.4, -0.2) is 63.0 Å². The molecule has 1 aromatic rings. The highest BCUT2D eigenvalue weighted by molar-refractivity contribution is 5.90. The first-order valence-corrected chi connectivity index (χ1v) is 7.65. The van der Waals surface area contributed by atoms with Crippen molar-refractivity contribution in [3.8, 4) is 0 Å². The van der Waals surface area contributed by atoms with Gasteiger partial charge in [0, 0.05) is 38.5 Å². The molecule has 22 heavy (non-hydrogen) atoms. The van der Waals surface area contributed by atoms with Crippen LogP contribution in [0, 0.1) is 0 Å². The Morgan fingerprint density at radius 2 is 2.05 bits per heavy atom. The van der Waals surface area contributed by atoms with Gasteiger partial charge in [0.25, 0.3) is 5.91 Å². The van der Waals surface area contributed by atoms with E-state index in [0.717, 1.165) is 12.8 Å². The molecule has 0 unspecified atom stereocenters. The van der Waals surface area contributed by atoms with Gasteiger partial charge in [-0.2, -0.15) is 0 Å². The van der Waals surface area contributed by atoms with E-state index >= 15 is 0 Å². The molecule has 1 atom stereocenters. The zero-order chi connectivity index (χ0) is 16.5. The fourth-order valence-electron chi connectivity index (χ4n) is 2.55. The summed E-state index contributed by atoms with van der Waals surface area (Å²) in [5.41, 5.74) is -0.176. The molecule has 1 aromatic heterocycles. The third kappa shape index (κ3) is 3.45. The van der Waals surface area contributed by atoms with E-state index in [1.165, 1.54) is 0 Å². The van der Waals surface area contributed by atoms with Gasteiger partial charge in [-0.3, -0.25) is 14.7 Å². The molecule has 7 nitrogen and oxygen atoms in total. The number of hydrogen-bond acceptors (Lipinski definition) is 4. The van der Waals surface area contributed by atoms with Crippen molar-refractivity contribution in [1.29, 1.82) is 0 Å². The van der Waals surface area contributed by atoms with Crippen LogP contribution in [0.1, 0.15) is 57.0 Å². The number of nitrogens with zero attached hydrogens (tertiary/aromatic N) is 4. The van der Waals surface area contributed by atoms with E-state index in [4.69, 9.17) is 0 Å². The first kappa shape index (κ1) is 16.5. The van der Waals surface area contributed by atoms with Gasteiger partial charge in [-0.25, -0.2) is 4.98 Å². The van der Waals surface area contributed by atoms with Crippen molar-refractivity contribution in [1.82, 2.24) is 25.0 Å². The highest BCUT2D eigenvalue weighted by atomic mass is 16.2. The van der Waals surface area contributed by atoms with E-state index in [1.807, 2.05) is 20.8 Å². The predicted molar refractivity (Wildman–Crippen MR) is 82.5 cm³/mol. The van der Waals surface area contributed by atoms with Crippen LogP contribution in [-0.2, 0) is 10.2 Å². The molecule has 1 aliphatic heterocycles. The molecule has 0 radical (unpaired) electrons. The SMILES string of the molecule is CC(=O)N(C)[C@H]1CCCN(C(=O)c2n[nH]c(C(C)(C)C)n2)C1. The third-order valence-corrected chi connectivity index (χ3v) is 4.12. The van der Waals surface area contributed by atoms with E-state index in [0.29, 0.717) is 18.9 Å². The fraction of sp³-hybridized carbons (Fsp3) is 0.733. The lowest BCUT2D eigenvalue weighted by molar-refractivity contribution is -0.130. The summed E-state index contributed by atoms with van der Waals surface area (Å²) in [6, 6.07) is 0.0660. The predicted octanol–water partition coefficient (Wildman–Crippen LogP) is 1.19. The molecule has 1 saturated heterocycles. The van der Waals surface area contributed by atoms with Gasteiger partial charge in [0.2, 0.25) is 11.7 Å². The van der Waals surface area contributed by atoms with Crippen LogP contribution in [0.25, 0.3) is 0 Å². The van der Waals surface area contributed by atoms with Crippen LogP contribution in [0.5, 0.6) is 0 Å². The van der Waals surface area contributed by atoms with Crippen molar-refractivity contribution in [2.75, 3.05) is 20.1 Å². The summed E-state index contributed by atoms with van der Waals surface area (Å²) in [4.78, 5) is 31.8. The Hall–Kier alpha value is -1.92. The van der Waals surface area contributed by atoms with Gasteiger partial charge in [0.05, 0.1) is 0 Å². The Morgan fingerprint density at radius 3 is 2.59 bits per heavy atom. The largest absolute Gasteiger partial charge is 0.341 e. The maximum atomic E-state index is 12.6. The molecule has 2 amide bonds. The first-order valence-electron chi connectivity index (χ1n) is 7.65. The van der Waals surface area contributed by atoms with Crippen molar-refractivity contribution in [3.05, 3.63) is 11.6 Å². The van der Waals surface area contributed by atoms with E-state index in [1.54, 1.807) is 23.8 Å². The summed E-state index contributed by atoms with van der Waals surface area (Å²) in [6.07, 6.45) is 1.80. The summed E-state index contributed by atoms with van der Waals surface area (Å²) in [5.74, 6) is 0.752. The number of aromatic nitrogens is 3. The number of piperidine rings is 1. The number of H-pyrrole nitrogens is 1. The molecular weight excluding hydrogens is 282 g/mol. The van der Waals surface area contributed by atoms with Crippen LogP contribution in [0.3, 0.4) is 0 Å². The molecule has 1 fully saturated rings. The van der Waals surface area contributed by atoms with Crippen molar-refractivity contribution in [3.63, 3.8) is 0 Å². The molecule has 1 aliphatic rings. The fourth-order valence-corrected chi connectivity index (χ4v) is 2.55. The van der Waals surface area contributed by atoms with Crippen LogP contribution in [0.2, 0.25) is 0 Å². The molecule has 0 saturated carbocycles. The summed E-state index contributed by atoms with van der Waals surface area (Å²) >= 11 is 0. The minimum Gasteiger partial charge on any atom is -0.341 e. The van der Waals surface area contributed by atoms with Gasteiger partial charge < -0.3 is 9.80 Å². The van der Waals surface area contributed by atoms with E-state index in [-0.39, 0.29) is 29.1 Å². The van der Waals surface area contributed by atoms with Gasteiger partial charge in [0.1, 0.15) is 5.82 Å². The van der Waals surface area contributed by atoms with E-state index < -0.39 is 0 Å². The van der Waals surface area contributed by atoms with Gasteiger partial charge >= 0.3 is 0 Å². The normalized spacial score (nSPS) is 19.1. The van der Waals surface area contributed by atoms with Crippen LogP contribution in [0.15, 0.2) is 0 Å². The molecule has 1 N–H and O–H groups in total. The van der Waals surface area contributed by atoms with Crippen molar-refractivity contribution >= 4 is 11.8 Å². The quantitative estimate of drug-likeness (QED) is 0.889. The maximum absolute atomic E-state index is 12.6. The Kier molecular flexibility index (Phi) is 4.53. The topological polar surface area (TPSA) is 82.2 Å². The van der Waals surface area contributed by atoms with Gasteiger partial charge in [-0.1, -0.05) is 20.8 Å². The second-order valence-electron chi connectivity index (χ2n) is 6.93. The number of likely N-dealkylation sites (N-methyl/N-ethyl adjacent to an activating group) is 1. The first-order chi connectivity index (χ1) is 10.2. The molecule has 0 bridgehead atoms. The second-order valence-corrected chi connectivity index (χ2v) is 6.93.